The molecule has 1 atom stereocenters. The molecular formula is C22H26BrClN2O3. The van der Waals surface area contributed by atoms with Crippen LogP contribution in [0.2, 0.25) is 5.02 Å². The average molecular weight is 482 g/mol. The summed E-state index contributed by atoms with van der Waals surface area (Å²) in [6.45, 7) is 7.42. The predicted molar refractivity (Wildman–Crippen MR) is 119 cm³/mol. The largest absolute Gasteiger partial charge is 0.484 e. The number of ether oxygens (including phenoxy) is 1. The fourth-order valence-electron chi connectivity index (χ4n) is 2.63. The van der Waals surface area contributed by atoms with Gasteiger partial charge in [0.05, 0.1) is 0 Å². The number of amides is 2. The number of benzene rings is 2. The van der Waals surface area contributed by atoms with Gasteiger partial charge in [0.25, 0.3) is 5.91 Å². The Balaban J connectivity index is 2.18. The summed E-state index contributed by atoms with van der Waals surface area (Å²) in [5, 5.41) is 3.47. The Bertz CT molecular complexity index is 850. The molecule has 0 unspecified atom stereocenters. The van der Waals surface area contributed by atoms with Gasteiger partial charge in [-0.25, -0.2) is 0 Å². The number of carbonyl (C=O) groups is 2. The lowest BCUT2D eigenvalue weighted by Gasteiger charge is -2.31. The molecule has 0 heterocycles. The first-order valence-corrected chi connectivity index (χ1v) is 10.5. The van der Waals surface area contributed by atoms with Crippen LogP contribution in [0.3, 0.4) is 0 Å². The monoisotopic (exact) mass is 480 g/mol. The molecule has 0 bridgehead atoms. The standard InChI is InChI=1S/C22H26BrClN2O3/c1-15(21(28)25-22(2,3)4)26(13-16-7-5-6-8-19(16)24)20(27)14-29-18-11-9-17(23)10-12-18/h5-12,15H,13-14H2,1-4H3,(H,25,28)/t15-/m1/s1. The molecule has 156 valence electrons. The van der Waals surface area contributed by atoms with Crippen molar-refractivity contribution in [2.75, 3.05) is 6.61 Å². The van der Waals surface area contributed by atoms with E-state index in [9.17, 15) is 9.59 Å². The molecule has 7 heteroatoms. The zero-order chi connectivity index (χ0) is 21.6. The molecule has 0 fully saturated rings. The normalized spacial score (nSPS) is 12.2. The minimum absolute atomic E-state index is 0.181. The van der Waals surface area contributed by atoms with E-state index in [2.05, 4.69) is 21.2 Å². The Hall–Kier alpha value is -2.05. The fraction of sp³-hybridized carbons (Fsp3) is 0.364. The van der Waals surface area contributed by atoms with E-state index < -0.39 is 11.6 Å². The molecule has 0 aromatic heterocycles. The summed E-state index contributed by atoms with van der Waals surface area (Å²) < 4.78 is 6.55. The zero-order valence-corrected chi connectivity index (χ0v) is 19.4. The van der Waals surface area contributed by atoms with Gasteiger partial charge in [0.1, 0.15) is 11.8 Å². The van der Waals surface area contributed by atoms with Crippen molar-refractivity contribution in [1.82, 2.24) is 10.2 Å². The van der Waals surface area contributed by atoms with Crippen molar-refractivity contribution < 1.29 is 14.3 Å². The molecule has 29 heavy (non-hydrogen) atoms. The van der Waals surface area contributed by atoms with Gasteiger partial charge >= 0.3 is 0 Å². The minimum Gasteiger partial charge on any atom is -0.484 e. The highest BCUT2D eigenvalue weighted by Crippen LogP contribution is 2.20. The summed E-state index contributed by atoms with van der Waals surface area (Å²) in [5.74, 6) is 0.0389. The highest BCUT2D eigenvalue weighted by molar-refractivity contribution is 9.10. The molecular weight excluding hydrogens is 456 g/mol. The quantitative estimate of drug-likeness (QED) is 0.617. The summed E-state index contributed by atoms with van der Waals surface area (Å²) >= 11 is 9.64. The molecule has 0 aliphatic carbocycles. The van der Waals surface area contributed by atoms with Crippen molar-refractivity contribution in [2.45, 2.75) is 45.8 Å². The Morgan fingerprint density at radius 2 is 1.76 bits per heavy atom. The van der Waals surface area contributed by atoms with Gasteiger partial charge < -0.3 is 15.0 Å². The second kappa shape index (κ2) is 10.1. The van der Waals surface area contributed by atoms with Gasteiger partial charge in [-0.15, -0.1) is 0 Å². The predicted octanol–water partition coefficient (Wildman–Crippen LogP) is 4.81. The molecule has 0 aliphatic rings. The Morgan fingerprint density at radius 3 is 2.34 bits per heavy atom. The molecule has 0 aliphatic heterocycles. The molecule has 0 saturated carbocycles. The van der Waals surface area contributed by atoms with Crippen LogP contribution in [0.4, 0.5) is 0 Å². The maximum Gasteiger partial charge on any atom is 0.261 e. The number of rotatable bonds is 7. The molecule has 0 spiro atoms. The summed E-state index contributed by atoms with van der Waals surface area (Å²) in [4.78, 5) is 27.2. The van der Waals surface area contributed by atoms with E-state index in [4.69, 9.17) is 16.3 Å². The first kappa shape index (κ1) is 23.2. The van der Waals surface area contributed by atoms with E-state index in [1.165, 1.54) is 4.90 Å². The number of nitrogens with zero attached hydrogens (tertiary/aromatic N) is 1. The van der Waals surface area contributed by atoms with Crippen LogP contribution in [0.5, 0.6) is 5.75 Å². The van der Waals surface area contributed by atoms with Crippen molar-refractivity contribution in [3.63, 3.8) is 0 Å². The molecule has 1 N–H and O–H groups in total. The maximum atomic E-state index is 13.0. The summed E-state index contributed by atoms with van der Waals surface area (Å²) in [5.41, 5.74) is 0.361. The van der Waals surface area contributed by atoms with E-state index in [-0.39, 0.29) is 25.0 Å². The first-order chi connectivity index (χ1) is 13.6. The number of nitrogens with one attached hydrogen (secondary N) is 1. The van der Waals surface area contributed by atoms with Crippen LogP contribution in [0.1, 0.15) is 33.3 Å². The molecule has 2 rings (SSSR count). The van der Waals surface area contributed by atoms with Crippen molar-refractivity contribution in [1.29, 1.82) is 0 Å². The lowest BCUT2D eigenvalue weighted by molar-refractivity contribution is -0.142. The van der Waals surface area contributed by atoms with Gasteiger partial charge in [-0.2, -0.15) is 0 Å². The van der Waals surface area contributed by atoms with Crippen molar-refractivity contribution in [3.05, 3.63) is 63.6 Å². The molecule has 5 nitrogen and oxygen atoms in total. The van der Waals surface area contributed by atoms with E-state index in [1.807, 2.05) is 51.1 Å². The molecule has 2 aromatic carbocycles. The first-order valence-electron chi connectivity index (χ1n) is 9.30. The smallest absolute Gasteiger partial charge is 0.261 e. The Morgan fingerprint density at radius 1 is 1.14 bits per heavy atom. The lowest BCUT2D eigenvalue weighted by Crippen LogP contribution is -2.53. The van der Waals surface area contributed by atoms with Gasteiger partial charge in [-0.3, -0.25) is 9.59 Å². The van der Waals surface area contributed by atoms with Crippen LogP contribution >= 0.6 is 27.5 Å². The molecule has 2 aromatic rings. The van der Waals surface area contributed by atoms with Crippen LogP contribution in [-0.4, -0.2) is 34.9 Å². The number of hydrogen-bond donors (Lipinski definition) is 1. The van der Waals surface area contributed by atoms with Crippen LogP contribution in [0, 0.1) is 0 Å². The molecule has 2 amide bonds. The van der Waals surface area contributed by atoms with Crippen LogP contribution in [0.25, 0.3) is 0 Å². The second-order valence-electron chi connectivity index (χ2n) is 7.77. The van der Waals surface area contributed by atoms with E-state index >= 15 is 0 Å². The second-order valence-corrected chi connectivity index (χ2v) is 9.09. The van der Waals surface area contributed by atoms with Crippen LogP contribution < -0.4 is 10.1 Å². The highest BCUT2D eigenvalue weighted by atomic mass is 79.9. The summed E-state index contributed by atoms with van der Waals surface area (Å²) in [6, 6.07) is 13.8. The Labute approximate surface area is 185 Å². The third-order valence-electron chi connectivity index (χ3n) is 4.14. The van der Waals surface area contributed by atoms with Gasteiger partial charge in [0, 0.05) is 21.6 Å². The summed E-state index contributed by atoms with van der Waals surface area (Å²) in [7, 11) is 0. The van der Waals surface area contributed by atoms with Gasteiger partial charge in [0.2, 0.25) is 5.91 Å². The topological polar surface area (TPSA) is 58.6 Å². The average Bonchev–Trinajstić information content (AvgIpc) is 2.65. The number of carbonyl (C=O) groups excluding carboxylic acids is 2. The van der Waals surface area contributed by atoms with Crippen LogP contribution in [-0.2, 0) is 16.1 Å². The van der Waals surface area contributed by atoms with Gasteiger partial charge in [-0.05, 0) is 63.6 Å². The molecule has 0 radical (unpaired) electrons. The number of hydrogen-bond acceptors (Lipinski definition) is 3. The SMILES string of the molecule is C[C@H](C(=O)NC(C)(C)C)N(Cc1ccccc1Cl)C(=O)COc1ccc(Br)cc1. The Kier molecular flexibility index (Phi) is 8.11. The highest BCUT2D eigenvalue weighted by Gasteiger charge is 2.29. The van der Waals surface area contributed by atoms with E-state index in [0.717, 1.165) is 10.0 Å². The third-order valence-corrected chi connectivity index (χ3v) is 5.04. The van der Waals surface area contributed by atoms with Crippen LogP contribution in [0.15, 0.2) is 53.0 Å². The van der Waals surface area contributed by atoms with E-state index in [1.54, 1.807) is 25.1 Å². The fourth-order valence-corrected chi connectivity index (χ4v) is 3.09. The van der Waals surface area contributed by atoms with E-state index in [0.29, 0.717) is 10.8 Å². The van der Waals surface area contributed by atoms with Crippen molar-refractivity contribution >= 4 is 39.3 Å². The van der Waals surface area contributed by atoms with Gasteiger partial charge in [-0.1, -0.05) is 45.7 Å². The molecule has 0 saturated heterocycles. The lowest BCUT2D eigenvalue weighted by atomic mass is 10.1. The maximum absolute atomic E-state index is 13.0. The minimum atomic E-state index is -0.688. The zero-order valence-electron chi connectivity index (χ0n) is 17.0. The summed E-state index contributed by atoms with van der Waals surface area (Å²) in [6.07, 6.45) is 0. The van der Waals surface area contributed by atoms with Gasteiger partial charge in [0.15, 0.2) is 6.61 Å². The van der Waals surface area contributed by atoms with Crippen molar-refractivity contribution in [3.8, 4) is 5.75 Å². The number of halogens is 2. The van der Waals surface area contributed by atoms with Crippen molar-refractivity contribution in [2.24, 2.45) is 0 Å². The third kappa shape index (κ3) is 7.37.